The largest absolute Gasteiger partial charge is 0.508 e. The maximum Gasteiger partial charge on any atom is 0.121 e. The maximum absolute atomic E-state index is 11.0. The van der Waals surface area contributed by atoms with Crippen LogP contribution in [0.1, 0.15) is 56.2 Å². The van der Waals surface area contributed by atoms with Gasteiger partial charge in [-0.05, 0) is 84.1 Å². The highest BCUT2D eigenvalue weighted by atomic mass is 16.5. The van der Waals surface area contributed by atoms with Gasteiger partial charge >= 0.3 is 0 Å². The Kier molecular flexibility index (Phi) is 8.60. The predicted octanol–water partition coefficient (Wildman–Crippen LogP) is 5.65. The fourth-order valence-corrected chi connectivity index (χ4v) is 5.93. The molecule has 0 amide bonds. The zero-order valence-corrected chi connectivity index (χ0v) is 24.7. The Labute approximate surface area is 239 Å². The van der Waals surface area contributed by atoms with Crippen molar-refractivity contribution in [1.82, 2.24) is 4.90 Å². The van der Waals surface area contributed by atoms with Crippen LogP contribution in [0, 0.1) is 5.92 Å². The van der Waals surface area contributed by atoms with E-state index in [0.717, 1.165) is 72.2 Å². The molecule has 5 nitrogen and oxygen atoms in total. The van der Waals surface area contributed by atoms with Crippen molar-refractivity contribution in [2.75, 3.05) is 45.2 Å². The number of hydrogen-bond donors (Lipinski definition) is 1. The molecule has 0 bridgehead atoms. The van der Waals surface area contributed by atoms with E-state index in [1.807, 2.05) is 24.3 Å². The number of ether oxygens (including phenoxy) is 1. The van der Waals surface area contributed by atoms with Crippen molar-refractivity contribution < 1.29 is 9.84 Å². The summed E-state index contributed by atoms with van der Waals surface area (Å²) in [6, 6.07) is 21.1. The van der Waals surface area contributed by atoms with Crippen LogP contribution in [0.2, 0.25) is 0 Å². The average Bonchev–Trinajstić information content (AvgIpc) is 3.18. The molecule has 5 heteroatoms. The lowest BCUT2D eigenvalue weighted by Crippen LogP contribution is -2.44. The number of phenolic OH excluding ortho intramolecular Hbond substituents is 1. The second kappa shape index (κ2) is 12.3. The van der Waals surface area contributed by atoms with Gasteiger partial charge in [0.05, 0.1) is 12.5 Å². The molecule has 2 unspecified atom stereocenters. The van der Waals surface area contributed by atoms with Gasteiger partial charge in [-0.25, -0.2) is 0 Å². The minimum absolute atomic E-state index is 0.236. The van der Waals surface area contributed by atoms with E-state index in [-0.39, 0.29) is 5.92 Å². The second-order valence-corrected chi connectivity index (χ2v) is 11.3. The number of nitrogens with zero attached hydrogens (tertiary/aromatic N) is 3. The smallest absolute Gasteiger partial charge is 0.121 e. The molecule has 3 aromatic carbocycles. The summed E-state index contributed by atoms with van der Waals surface area (Å²) in [5.41, 5.74) is 7.18. The topological polar surface area (TPSA) is 48.3 Å². The van der Waals surface area contributed by atoms with Crippen molar-refractivity contribution >= 4 is 11.8 Å². The number of fused-ring (bicyclic) bond motifs is 1. The first-order valence-corrected chi connectivity index (χ1v) is 14.7. The molecule has 1 saturated heterocycles. The van der Waals surface area contributed by atoms with E-state index in [9.17, 15) is 5.11 Å². The van der Waals surface area contributed by atoms with Gasteiger partial charge in [-0.3, -0.25) is 4.99 Å². The zero-order chi connectivity index (χ0) is 28.2. The van der Waals surface area contributed by atoms with Crippen LogP contribution in [0.25, 0.3) is 6.08 Å². The average molecular weight is 538 g/mol. The van der Waals surface area contributed by atoms with E-state index in [2.05, 4.69) is 80.1 Å². The van der Waals surface area contributed by atoms with Gasteiger partial charge in [-0.1, -0.05) is 51.1 Å². The molecule has 0 aliphatic carbocycles. The normalized spacial score (nSPS) is 17.4. The highest BCUT2D eigenvalue weighted by molar-refractivity contribution is 5.49. The number of allylic oxidation sites excluding steroid dienone is 2. The summed E-state index contributed by atoms with van der Waals surface area (Å²) in [5.74, 6) is 1.67. The van der Waals surface area contributed by atoms with Gasteiger partial charge < -0.3 is 19.6 Å². The molecule has 1 fully saturated rings. The van der Waals surface area contributed by atoms with Crippen molar-refractivity contribution in [3.05, 3.63) is 99.2 Å². The lowest BCUT2D eigenvalue weighted by Gasteiger charge is -2.34. The van der Waals surface area contributed by atoms with Crippen LogP contribution in [-0.4, -0.2) is 50.3 Å². The molecule has 0 spiro atoms. The summed E-state index contributed by atoms with van der Waals surface area (Å²) >= 11 is 0. The first kappa shape index (κ1) is 28.0. The van der Waals surface area contributed by atoms with Gasteiger partial charge in [0.15, 0.2) is 0 Å². The minimum Gasteiger partial charge on any atom is -0.508 e. The SMILES string of the molecule is CCC1=C(C(C)C(C)c2ccc(N3CCN(C)CC3)cc2)N=c2c(Cc3ccc(OC)cc3)c(O)ccc2=CC1. The van der Waals surface area contributed by atoms with E-state index in [1.54, 1.807) is 7.11 Å². The molecule has 1 N–H and O–H groups in total. The fourth-order valence-electron chi connectivity index (χ4n) is 5.93. The molecule has 5 rings (SSSR count). The van der Waals surface area contributed by atoms with Gasteiger partial charge in [0, 0.05) is 55.5 Å². The Bertz CT molecular complexity index is 1470. The first-order chi connectivity index (χ1) is 19.4. The van der Waals surface area contributed by atoms with Gasteiger partial charge in [0.2, 0.25) is 0 Å². The third-order valence-corrected chi connectivity index (χ3v) is 8.89. The van der Waals surface area contributed by atoms with Gasteiger partial charge in [-0.2, -0.15) is 0 Å². The van der Waals surface area contributed by atoms with Crippen LogP contribution in [0.3, 0.4) is 0 Å². The number of rotatable bonds is 8. The van der Waals surface area contributed by atoms with Gasteiger partial charge in [0.1, 0.15) is 11.5 Å². The van der Waals surface area contributed by atoms with Crippen LogP contribution in [0.15, 0.2) is 76.9 Å². The Morgan fingerprint density at radius 3 is 2.25 bits per heavy atom. The van der Waals surface area contributed by atoms with Gasteiger partial charge in [0.25, 0.3) is 0 Å². The van der Waals surface area contributed by atoms with Crippen molar-refractivity contribution in [3.8, 4) is 11.5 Å². The number of methoxy groups -OCH3 is 1. The van der Waals surface area contributed by atoms with Crippen molar-refractivity contribution in [2.24, 2.45) is 10.9 Å². The number of benzene rings is 3. The predicted molar refractivity (Wildman–Crippen MR) is 165 cm³/mol. The van der Waals surface area contributed by atoms with Crippen molar-refractivity contribution in [3.63, 3.8) is 0 Å². The fraction of sp³-hybridized carbons (Fsp3) is 0.400. The monoisotopic (exact) mass is 537 g/mol. The lowest BCUT2D eigenvalue weighted by molar-refractivity contribution is 0.313. The van der Waals surface area contributed by atoms with E-state index >= 15 is 0 Å². The molecule has 40 heavy (non-hydrogen) atoms. The number of piperazine rings is 1. The Hall–Kier alpha value is -3.57. The van der Waals surface area contributed by atoms with E-state index in [4.69, 9.17) is 9.73 Å². The summed E-state index contributed by atoms with van der Waals surface area (Å²) in [5, 5.41) is 13.0. The number of aromatic hydroxyl groups is 1. The number of hydrogen-bond acceptors (Lipinski definition) is 5. The Morgan fingerprint density at radius 1 is 0.900 bits per heavy atom. The van der Waals surface area contributed by atoms with Gasteiger partial charge in [-0.15, -0.1) is 0 Å². The third kappa shape index (κ3) is 5.95. The first-order valence-electron chi connectivity index (χ1n) is 14.7. The molecular formula is C35H43N3O2. The van der Waals surface area contributed by atoms with E-state index in [0.29, 0.717) is 18.1 Å². The van der Waals surface area contributed by atoms with Crippen LogP contribution < -0.4 is 20.2 Å². The minimum atomic E-state index is 0.236. The summed E-state index contributed by atoms with van der Waals surface area (Å²) in [6.45, 7) is 11.2. The summed E-state index contributed by atoms with van der Waals surface area (Å²) < 4.78 is 5.33. The summed E-state index contributed by atoms with van der Waals surface area (Å²) in [4.78, 5) is 10.3. The maximum atomic E-state index is 11.0. The molecule has 0 radical (unpaired) electrons. The summed E-state index contributed by atoms with van der Waals surface area (Å²) in [7, 11) is 3.87. The molecule has 2 atom stereocenters. The molecule has 0 saturated carbocycles. The van der Waals surface area contributed by atoms with Crippen LogP contribution in [-0.2, 0) is 6.42 Å². The molecule has 2 aliphatic heterocycles. The number of phenols is 1. The molecule has 3 aromatic rings. The third-order valence-electron chi connectivity index (χ3n) is 8.89. The molecular weight excluding hydrogens is 494 g/mol. The Morgan fingerprint density at radius 2 is 1.60 bits per heavy atom. The molecule has 0 aromatic heterocycles. The highest BCUT2D eigenvalue weighted by Gasteiger charge is 2.23. The van der Waals surface area contributed by atoms with E-state index < -0.39 is 0 Å². The van der Waals surface area contributed by atoms with Crippen LogP contribution in [0.5, 0.6) is 11.5 Å². The standard InChI is InChI=1S/C35H43N3O2/c1-6-27-9-10-29-13-18-33(39)32(23-26-7-16-31(40-5)17-8-26)35(29)36-34(27)25(3)24(2)28-11-14-30(15-12-28)38-21-19-37(4)20-22-38/h7-8,10-18,24-25,39H,6,9,19-23H2,1-5H3. The van der Waals surface area contributed by atoms with Crippen LogP contribution >= 0.6 is 0 Å². The molecule has 2 heterocycles. The van der Waals surface area contributed by atoms with Crippen molar-refractivity contribution in [1.29, 1.82) is 0 Å². The second-order valence-electron chi connectivity index (χ2n) is 11.3. The number of anilines is 1. The zero-order valence-electron chi connectivity index (χ0n) is 24.7. The molecule has 210 valence electrons. The Balaban J connectivity index is 1.46. The number of likely N-dealkylation sites (N-methyl/N-ethyl adjacent to an activating group) is 1. The quantitative estimate of drug-likeness (QED) is 0.403. The summed E-state index contributed by atoms with van der Waals surface area (Å²) in [6.07, 6.45) is 4.74. The van der Waals surface area contributed by atoms with Crippen LogP contribution in [0.4, 0.5) is 5.69 Å². The van der Waals surface area contributed by atoms with Crippen molar-refractivity contribution in [2.45, 2.75) is 46.0 Å². The molecule has 2 aliphatic rings. The van der Waals surface area contributed by atoms with E-state index in [1.165, 1.54) is 16.8 Å². The lowest BCUT2D eigenvalue weighted by atomic mass is 9.84. The highest BCUT2D eigenvalue weighted by Crippen LogP contribution is 2.35.